The molecule has 3 amide bonds. The first kappa shape index (κ1) is 19.8. The molecule has 0 spiro atoms. The Morgan fingerprint density at radius 3 is 2.18 bits per heavy atom. The van der Waals surface area contributed by atoms with Gasteiger partial charge in [-0.3, -0.25) is 9.69 Å². The average Bonchev–Trinajstić information content (AvgIpc) is 2.86. The molecule has 0 bridgehead atoms. The summed E-state index contributed by atoms with van der Waals surface area (Å²) in [5, 5.41) is 2.70. The summed E-state index contributed by atoms with van der Waals surface area (Å²) in [5.41, 5.74) is 1.25. The van der Waals surface area contributed by atoms with Gasteiger partial charge in [-0.05, 0) is 41.7 Å². The van der Waals surface area contributed by atoms with Crippen molar-refractivity contribution in [2.45, 2.75) is 45.4 Å². The van der Waals surface area contributed by atoms with Crippen LogP contribution in [0.3, 0.4) is 0 Å². The van der Waals surface area contributed by atoms with Gasteiger partial charge in [0, 0.05) is 0 Å². The highest BCUT2D eigenvalue weighted by Crippen LogP contribution is 2.31. The van der Waals surface area contributed by atoms with Crippen molar-refractivity contribution in [3.05, 3.63) is 65.2 Å². The maximum Gasteiger partial charge on any atom is 0.387 e. The number of hydrogen-bond donors (Lipinski definition) is 1. The zero-order valence-electron chi connectivity index (χ0n) is 15.9. The van der Waals surface area contributed by atoms with Crippen molar-refractivity contribution >= 4 is 11.9 Å². The summed E-state index contributed by atoms with van der Waals surface area (Å²) in [6.07, 6.45) is 0. The number of urea groups is 1. The molecule has 28 heavy (non-hydrogen) atoms. The fraction of sp³-hybridized carbons (Fsp3) is 0.333. The van der Waals surface area contributed by atoms with Gasteiger partial charge < -0.3 is 10.1 Å². The first-order valence-corrected chi connectivity index (χ1v) is 8.99. The van der Waals surface area contributed by atoms with Crippen LogP contribution in [0, 0.1) is 0 Å². The van der Waals surface area contributed by atoms with Crippen LogP contribution < -0.4 is 10.1 Å². The third-order valence-electron chi connectivity index (χ3n) is 4.92. The molecule has 3 rings (SSSR count). The van der Waals surface area contributed by atoms with Crippen LogP contribution in [0.15, 0.2) is 48.5 Å². The number of ether oxygens (including phenoxy) is 1. The van der Waals surface area contributed by atoms with E-state index in [4.69, 9.17) is 0 Å². The summed E-state index contributed by atoms with van der Waals surface area (Å²) in [7, 11) is 0. The minimum atomic E-state index is -2.92. The van der Waals surface area contributed by atoms with Crippen molar-refractivity contribution in [3.63, 3.8) is 0 Å². The van der Waals surface area contributed by atoms with Gasteiger partial charge in [-0.2, -0.15) is 8.78 Å². The standard InChI is InChI=1S/C21H22F2N2O3/c1-13(2)15-6-4-14(5-7-15)12-25-18(26)21(3,24-20(25)27)16-8-10-17(11-9-16)28-19(22)23/h4-11,13,19H,12H2,1-3H3,(H,24,27). The number of benzene rings is 2. The van der Waals surface area contributed by atoms with E-state index in [1.165, 1.54) is 29.8 Å². The van der Waals surface area contributed by atoms with Crippen molar-refractivity contribution in [2.24, 2.45) is 0 Å². The van der Waals surface area contributed by atoms with E-state index in [-0.39, 0.29) is 12.3 Å². The molecular weight excluding hydrogens is 366 g/mol. The van der Waals surface area contributed by atoms with Gasteiger partial charge in [0.2, 0.25) is 0 Å². The van der Waals surface area contributed by atoms with Gasteiger partial charge in [-0.1, -0.05) is 50.2 Å². The van der Waals surface area contributed by atoms with Crippen LogP contribution >= 0.6 is 0 Å². The molecule has 1 unspecified atom stereocenters. The summed E-state index contributed by atoms with van der Waals surface area (Å²) in [6.45, 7) is 3.01. The van der Waals surface area contributed by atoms with Crippen LogP contribution in [0.4, 0.5) is 13.6 Å². The molecule has 1 saturated heterocycles. The zero-order valence-corrected chi connectivity index (χ0v) is 15.9. The Labute approximate surface area is 162 Å². The maximum absolute atomic E-state index is 13.0. The van der Waals surface area contributed by atoms with Gasteiger partial charge in [0.25, 0.3) is 5.91 Å². The van der Waals surface area contributed by atoms with Gasteiger partial charge in [-0.25, -0.2) is 4.79 Å². The van der Waals surface area contributed by atoms with E-state index < -0.39 is 24.1 Å². The second-order valence-corrected chi connectivity index (χ2v) is 7.25. The van der Waals surface area contributed by atoms with Crippen LogP contribution in [0.5, 0.6) is 5.75 Å². The molecule has 1 heterocycles. The largest absolute Gasteiger partial charge is 0.435 e. The van der Waals surface area contributed by atoms with E-state index in [9.17, 15) is 18.4 Å². The Hall–Kier alpha value is -2.96. The van der Waals surface area contributed by atoms with E-state index in [1.54, 1.807) is 6.92 Å². The SMILES string of the molecule is CC(C)c1ccc(CN2C(=O)NC(C)(c3ccc(OC(F)F)cc3)C2=O)cc1. The number of imide groups is 1. The Balaban J connectivity index is 1.78. The Bertz CT molecular complexity index is 866. The van der Waals surface area contributed by atoms with Crippen molar-refractivity contribution in [3.8, 4) is 5.75 Å². The zero-order chi connectivity index (χ0) is 20.5. The average molecular weight is 388 g/mol. The van der Waals surface area contributed by atoms with Crippen LogP contribution in [0.25, 0.3) is 0 Å². The van der Waals surface area contributed by atoms with Crippen LogP contribution in [-0.4, -0.2) is 23.4 Å². The fourth-order valence-corrected chi connectivity index (χ4v) is 3.20. The summed E-state index contributed by atoms with van der Waals surface area (Å²) < 4.78 is 28.9. The maximum atomic E-state index is 13.0. The fourth-order valence-electron chi connectivity index (χ4n) is 3.20. The third-order valence-corrected chi connectivity index (χ3v) is 4.92. The Morgan fingerprint density at radius 1 is 1.04 bits per heavy atom. The molecule has 0 saturated carbocycles. The van der Waals surface area contributed by atoms with Gasteiger partial charge in [0.15, 0.2) is 0 Å². The number of nitrogens with zero attached hydrogens (tertiary/aromatic N) is 1. The number of amides is 3. The van der Waals surface area contributed by atoms with E-state index in [1.807, 2.05) is 24.3 Å². The number of halogens is 2. The molecular formula is C21H22F2N2O3. The molecule has 1 fully saturated rings. The monoisotopic (exact) mass is 388 g/mol. The molecule has 148 valence electrons. The second kappa shape index (κ2) is 7.58. The number of alkyl halides is 2. The highest BCUT2D eigenvalue weighted by atomic mass is 19.3. The second-order valence-electron chi connectivity index (χ2n) is 7.25. The highest BCUT2D eigenvalue weighted by molar-refractivity contribution is 6.07. The minimum absolute atomic E-state index is 0.0128. The topological polar surface area (TPSA) is 58.6 Å². The van der Waals surface area contributed by atoms with Gasteiger partial charge >= 0.3 is 12.6 Å². The van der Waals surface area contributed by atoms with Gasteiger partial charge in [0.1, 0.15) is 11.3 Å². The smallest absolute Gasteiger partial charge is 0.387 e. The number of carbonyl (C=O) groups is 2. The first-order chi connectivity index (χ1) is 13.2. The molecule has 2 aromatic carbocycles. The quantitative estimate of drug-likeness (QED) is 0.747. The lowest BCUT2D eigenvalue weighted by atomic mass is 9.92. The predicted octanol–water partition coefficient (Wildman–Crippen LogP) is 4.38. The van der Waals surface area contributed by atoms with Crippen molar-refractivity contribution < 1.29 is 23.1 Å². The molecule has 0 aromatic heterocycles. The summed E-state index contributed by atoms with van der Waals surface area (Å²) >= 11 is 0. The third kappa shape index (κ3) is 3.83. The van der Waals surface area contributed by atoms with Crippen molar-refractivity contribution in [2.75, 3.05) is 0 Å². The highest BCUT2D eigenvalue weighted by Gasteiger charge is 2.48. The summed E-state index contributed by atoms with van der Waals surface area (Å²) in [4.78, 5) is 26.6. The molecule has 5 nitrogen and oxygen atoms in total. The Kier molecular flexibility index (Phi) is 5.36. The molecule has 1 aliphatic heterocycles. The number of nitrogens with one attached hydrogen (secondary N) is 1. The number of carbonyl (C=O) groups excluding carboxylic acids is 2. The van der Waals surface area contributed by atoms with Gasteiger partial charge in [0.05, 0.1) is 6.54 Å². The number of hydrogen-bond acceptors (Lipinski definition) is 3. The molecule has 7 heteroatoms. The number of rotatable bonds is 6. The van der Waals surface area contributed by atoms with E-state index in [0.717, 1.165) is 10.5 Å². The lowest BCUT2D eigenvalue weighted by Crippen LogP contribution is -2.40. The molecule has 0 radical (unpaired) electrons. The van der Waals surface area contributed by atoms with Crippen molar-refractivity contribution in [1.29, 1.82) is 0 Å². The molecule has 1 atom stereocenters. The lowest BCUT2D eigenvalue weighted by Gasteiger charge is -2.22. The normalized spacial score (nSPS) is 19.5. The minimum Gasteiger partial charge on any atom is -0.435 e. The van der Waals surface area contributed by atoms with E-state index in [0.29, 0.717) is 11.5 Å². The van der Waals surface area contributed by atoms with E-state index >= 15 is 0 Å². The van der Waals surface area contributed by atoms with Crippen LogP contribution in [-0.2, 0) is 16.9 Å². The lowest BCUT2D eigenvalue weighted by molar-refractivity contribution is -0.131. The predicted molar refractivity (Wildman–Crippen MR) is 100 cm³/mol. The Morgan fingerprint density at radius 2 is 1.64 bits per heavy atom. The van der Waals surface area contributed by atoms with Crippen LogP contribution in [0.1, 0.15) is 43.4 Å². The summed E-state index contributed by atoms with van der Waals surface area (Å²) in [6, 6.07) is 13.0. The molecule has 2 aromatic rings. The molecule has 0 aliphatic carbocycles. The summed E-state index contributed by atoms with van der Waals surface area (Å²) in [5.74, 6) is -0.0136. The first-order valence-electron chi connectivity index (χ1n) is 8.99. The van der Waals surface area contributed by atoms with Gasteiger partial charge in [-0.15, -0.1) is 0 Å². The molecule has 1 N–H and O–H groups in total. The molecule has 1 aliphatic rings. The van der Waals surface area contributed by atoms with Crippen LogP contribution in [0.2, 0.25) is 0 Å². The van der Waals surface area contributed by atoms with E-state index in [2.05, 4.69) is 23.9 Å². The van der Waals surface area contributed by atoms with Crippen molar-refractivity contribution in [1.82, 2.24) is 10.2 Å².